The number of halogens is 1. The standard InChI is InChI=1S/C15H15ClN2O3/c1-4-10-8-18(12-6-5-9(2)7-11(12)16)17-13(14(10)19)15(20)21-3/h5-8H,4H2,1-3H3. The SMILES string of the molecule is CCc1cn(-c2ccc(C)cc2Cl)nc(C(=O)OC)c1=O. The van der Waals surface area contributed by atoms with Gasteiger partial charge in [0.1, 0.15) is 0 Å². The molecule has 0 N–H and O–H groups in total. The lowest BCUT2D eigenvalue weighted by Crippen LogP contribution is -2.25. The van der Waals surface area contributed by atoms with Gasteiger partial charge in [-0.15, -0.1) is 0 Å². The van der Waals surface area contributed by atoms with E-state index in [0.29, 0.717) is 22.7 Å². The quantitative estimate of drug-likeness (QED) is 0.818. The van der Waals surface area contributed by atoms with E-state index in [1.54, 1.807) is 18.3 Å². The summed E-state index contributed by atoms with van der Waals surface area (Å²) >= 11 is 6.21. The van der Waals surface area contributed by atoms with Crippen LogP contribution in [0.2, 0.25) is 5.02 Å². The highest BCUT2D eigenvalue weighted by Crippen LogP contribution is 2.21. The number of aryl methyl sites for hydroxylation is 2. The molecular formula is C15H15ClN2O3. The second kappa shape index (κ2) is 6.10. The number of nitrogens with zero attached hydrogens (tertiary/aromatic N) is 2. The van der Waals surface area contributed by atoms with Crippen LogP contribution in [0.1, 0.15) is 28.5 Å². The number of rotatable bonds is 3. The molecule has 0 atom stereocenters. The molecule has 2 rings (SSSR count). The summed E-state index contributed by atoms with van der Waals surface area (Å²) in [5, 5.41) is 4.55. The number of benzene rings is 1. The number of esters is 1. The van der Waals surface area contributed by atoms with Crippen LogP contribution in [0, 0.1) is 6.92 Å². The van der Waals surface area contributed by atoms with E-state index in [0.717, 1.165) is 5.56 Å². The lowest BCUT2D eigenvalue weighted by molar-refractivity contribution is 0.0590. The normalized spacial score (nSPS) is 10.5. The maximum Gasteiger partial charge on any atom is 0.362 e. The van der Waals surface area contributed by atoms with Crippen LogP contribution >= 0.6 is 11.6 Å². The van der Waals surface area contributed by atoms with E-state index < -0.39 is 11.4 Å². The van der Waals surface area contributed by atoms with Gasteiger partial charge >= 0.3 is 5.97 Å². The average molecular weight is 307 g/mol. The zero-order valence-corrected chi connectivity index (χ0v) is 12.8. The van der Waals surface area contributed by atoms with Crippen LogP contribution < -0.4 is 5.43 Å². The molecule has 6 heteroatoms. The van der Waals surface area contributed by atoms with E-state index in [9.17, 15) is 9.59 Å². The molecule has 2 aromatic rings. The van der Waals surface area contributed by atoms with Gasteiger partial charge < -0.3 is 4.74 Å². The molecule has 1 aromatic heterocycles. The van der Waals surface area contributed by atoms with Gasteiger partial charge in [-0.3, -0.25) is 4.79 Å². The first-order valence-corrected chi connectivity index (χ1v) is 6.83. The molecule has 0 bridgehead atoms. The van der Waals surface area contributed by atoms with Gasteiger partial charge in [0.25, 0.3) is 0 Å². The molecular weight excluding hydrogens is 292 g/mol. The highest BCUT2D eigenvalue weighted by atomic mass is 35.5. The minimum Gasteiger partial charge on any atom is -0.464 e. The Morgan fingerprint density at radius 2 is 2.14 bits per heavy atom. The molecule has 0 unspecified atom stereocenters. The Hall–Kier alpha value is -2.14. The van der Waals surface area contributed by atoms with Crippen molar-refractivity contribution in [1.29, 1.82) is 0 Å². The van der Waals surface area contributed by atoms with E-state index in [-0.39, 0.29) is 5.69 Å². The third kappa shape index (κ3) is 2.97. The molecule has 1 aromatic carbocycles. The fraction of sp³-hybridized carbons (Fsp3) is 0.267. The molecule has 0 radical (unpaired) electrons. The summed E-state index contributed by atoms with van der Waals surface area (Å²) in [6.45, 7) is 3.75. The van der Waals surface area contributed by atoms with Crippen molar-refractivity contribution in [2.24, 2.45) is 0 Å². The first-order chi connectivity index (χ1) is 9.97. The van der Waals surface area contributed by atoms with Crippen molar-refractivity contribution in [1.82, 2.24) is 9.78 Å². The first-order valence-electron chi connectivity index (χ1n) is 6.45. The van der Waals surface area contributed by atoms with Gasteiger partial charge in [0.15, 0.2) is 0 Å². The van der Waals surface area contributed by atoms with Crippen molar-refractivity contribution < 1.29 is 9.53 Å². The Kier molecular flexibility index (Phi) is 4.43. The van der Waals surface area contributed by atoms with Crippen LogP contribution in [0.25, 0.3) is 5.69 Å². The maximum absolute atomic E-state index is 12.1. The van der Waals surface area contributed by atoms with Gasteiger partial charge in [-0.2, -0.15) is 5.10 Å². The van der Waals surface area contributed by atoms with Gasteiger partial charge in [-0.05, 0) is 31.0 Å². The number of methoxy groups -OCH3 is 1. The second-order valence-corrected chi connectivity index (χ2v) is 4.98. The van der Waals surface area contributed by atoms with Crippen LogP contribution in [0.15, 0.2) is 29.2 Å². The first kappa shape index (κ1) is 15.3. The average Bonchev–Trinajstić information content (AvgIpc) is 2.47. The van der Waals surface area contributed by atoms with E-state index >= 15 is 0 Å². The molecule has 0 saturated heterocycles. The summed E-state index contributed by atoms with van der Waals surface area (Å²) in [6, 6.07) is 5.46. The predicted octanol–water partition coefficient (Wildman–Crippen LogP) is 2.54. The molecule has 0 spiro atoms. The van der Waals surface area contributed by atoms with Crippen molar-refractivity contribution in [2.75, 3.05) is 7.11 Å². The topological polar surface area (TPSA) is 61.2 Å². The fourth-order valence-corrected chi connectivity index (χ4v) is 2.27. The van der Waals surface area contributed by atoms with Gasteiger partial charge in [-0.25, -0.2) is 9.48 Å². The minimum absolute atomic E-state index is 0.242. The zero-order valence-electron chi connectivity index (χ0n) is 12.0. The van der Waals surface area contributed by atoms with Gasteiger partial charge in [0.05, 0.1) is 17.8 Å². The monoisotopic (exact) mass is 306 g/mol. The van der Waals surface area contributed by atoms with E-state index in [1.807, 2.05) is 19.9 Å². The van der Waals surface area contributed by atoms with Crippen molar-refractivity contribution in [2.45, 2.75) is 20.3 Å². The lowest BCUT2D eigenvalue weighted by Gasteiger charge is -2.11. The predicted molar refractivity (Wildman–Crippen MR) is 80.3 cm³/mol. The Labute approximate surface area is 127 Å². The van der Waals surface area contributed by atoms with Crippen LogP contribution in [-0.2, 0) is 11.2 Å². The molecule has 0 fully saturated rings. The number of hydrogen-bond acceptors (Lipinski definition) is 4. The summed E-state index contributed by atoms with van der Waals surface area (Å²) < 4.78 is 6.05. The van der Waals surface area contributed by atoms with Crippen LogP contribution in [-0.4, -0.2) is 22.9 Å². The van der Waals surface area contributed by atoms with E-state index in [4.69, 9.17) is 11.6 Å². The van der Waals surface area contributed by atoms with Gasteiger partial charge in [0.2, 0.25) is 11.1 Å². The van der Waals surface area contributed by atoms with Crippen LogP contribution in [0.3, 0.4) is 0 Å². The Morgan fingerprint density at radius 3 is 2.71 bits per heavy atom. The maximum atomic E-state index is 12.1. The Morgan fingerprint density at radius 1 is 1.43 bits per heavy atom. The summed E-state index contributed by atoms with van der Waals surface area (Å²) in [4.78, 5) is 23.8. The Balaban J connectivity index is 2.69. The summed E-state index contributed by atoms with van der Waals surface area (Å²) in [7, 11) is 1.21. The van der Waals surface area contributed by atoms with E-state index in [1.165, 1.54) is 11.8 Å². The number of ether oxygens (including phenoxy) is 1. The van der Waals surface area contributed by atoms with Gasteiger partial charge in [0, 0.05) is 11.8 Å². The van der Waals surface area contributed by atoms with Crippen LogP contribution in [0.4, 0.5) is 0 Å². The van der Waals surface area contributed by atoms with E-state index in [2.05, 4.69) is 9.84 Å². The molecule has 0 aliphatic carbocycles. The van der Waals surface area contributed by atoms with Crippen molar-refractivity contribution in [3.05, 3.63) is 56.5 Å². The molecule has 0 saturated carbocycles. The third-order valence-corrected chi connectivity index (χ3v) is 3.40. The number of carbonyl (C=O) groups excluding carboxylic acids is 1. The molecule has 5 nitrogen and oxygen atoms in total. The highest BCUT2D eigenvalue weighted by molar-refractivity contribution is 6.32. The fourth-order valence-electron chi connectivity index (χ4n) is 1.94. The molecule has 0 aliphatic rings. The summed E-state index contributed by atoms with van der Waals surface area (Å²) in [6.07, 6.45) is 2.07. The second-order valence-electron chi connectivity index (χ2n) is 4.58. The molecule has 110 valence electrons. The minimum atomic E-state index is -0.757. The summed E-state index contributed by atoms with van der Waals surface area (Å²) in [5.41, 5.74) is 1.43. The summed E-state index contributed by atoms with van der Waals surface area (Å²) in [5.74, 6) is -0.757. The van der Waals surface area contributed by atoms with Gasteiger partial charge in [-0.1, -0.05) is 24.6 Å². The Bertz CT molecular complexity index is 753. The zero-order chi connectivity index (χ0) is 15.6. The molecule has 1 heterocycles. The largest absolute Gasteiger partial charge is 0.464 e. The van der Waals surface area contributed by atoms with Crippen molar-refractivity contribution in [3.63, 3.8) is 0 Å². The number of hydrogen-bond donors (Lipinski definition) is 0. The highest BCUT2D eigenvalue weighted by Gasteiger charge is 2.17. The number of aromatic nitrogens is 2. The smallest absolute Gasteiger partial charge is 0.362 e. The van der Waals surface area contributed by atoms with Crippen molar-refractivity contribution >= 4 is 17.6 Å². The van der Waals surface area contributed by atoms with Crippen molar-refractivity contribution in [3.8, 4) is 5.69 Å². The lowest BCUT2D eigenvalue weighted by atomic mass is 10.2. The molecule has 0 amide bonds. The molecule has 21 heavy (non-hydrogen) atoms. The molecule has 0 aliphatic heterocycles. The van der Waals surface area contributed by atoms with Crippen LogP contribution in [0.5, 0.6) is 0 Å². The number of carbonyl (C=O) groups is 1. The third-order valence-electron chi connectivity index (χ3n) is 3.10.